The molecule has 0 aliphatic carbocycles. The van der Waals surface area contributed by atoms with Crippen LogP contribution in [0.15, 0.2) is 18.2 Å². The number of ether oxygens (including phenoxy) is 1. The highest BCUT2D eigenvalue weighted by molar-refractivity contribution is 5.88. The smallest absolute Gasteiger partial charge is 0.335 e. The van der Waals surface area contributed by atoms with Crippen molar-refractivity contribution in [2.45, 2.75) is 18.6 Å². The second-order valence-electron chi connectivity index (χ2n) is 3.91. The molecule has 0 bridgehead atoms. The van der Waals surface area contributed by atoms with Crippen LogP contribution in [0.3, 0.4) is 0 Å². The first-order chi connectivity index (χ1) is 8.85. The molecule has 0 spiro atoms. The Morgan fingerprint density at radius 3 is 2.32 bits per heavy atom. The fourth-order valence-corrected chi connectivity index (χ4v) is 1.55. The van der Waals surface area contributed by atoms with Gasteiger partial charge in [-0.15, -0.1) is 0 Å². The van der Waals surface area contributed by atoms with Gasteiger partial charge >= 0.3 is 11.9 Å². The van der Waals surface area contributed by atoms with Crippen LogP contribution in [0, 0.1) is 0 Å². The third-order valence-corrected chi connectivity index (χ3v) is 2.50. The summed E-state index contributed by atoms with van der Waals surface area (Å²) in [6.45, 7) is 0. The summed E-state index contributed by atoms with van der Waals surface area (Å²) >= 11 is 0. The lowest BCUT2D eigenvalue weighted by Crippen LogP contribution is -2.22. The Morgan fingerprint density at radius 1 is 1.21 bits per heavy atom. The van der Waals surface area contributed by atoms with E-state index in [-0.39, 0.29) is 16.9 Å². The monoisotopic (exact) mass is 270 g/mol. The first-order valence-electron chi connectivity index (χ1n) is 5.35. The summed E-state index contributed by atoms with van der Waals surface area (Å²) in [4.78, 5) is 21.4. The van der Waals surface area contributed by atoms with E-state index in [2.05, 4.69) is 0 Å². The van der Waals surface area contributed by atoms with Crippen LogP contribution in [0.25, 0.3) is 0 Å². The Labute approximate surface area is 108 Å². The molecule has 4 N–H and O–H groups in total. The molecule has 2 atom stereocenters. The lowest BCUT2D eigenvalue weighted by Gasteiger charge is -2.17. The summed E-state index contributed by atoms with van der Waals surface area (Å²) in [6.07, 6.45) is -3.70. The van der Waals surface area contributed by atoms with Gasteiger partial charge in [-0.25, -0.2) is 4.79 Å². The van der Waals surface area contributed by atoms with Gasteiger partial charge in [0, 0.05) is 0 Å². The van der Waals surface area contributed by atoms with Gasteiger partial charge in [-0.1, -0.05) is 0 Å². The van der Waals surface area contributed by atoms with E-state index in [1.54, 1.807) is 0 Å². The summed E-state index contributed by atoms with van der Waals surface area (Å²) in [5, 5.41) is 36.8. The minimum Gasteiger partial charge on any atom is -0.497 e. The zero-order valence-electron chi connectivity index (χ0n) is 10.1. The van der Waals surface area contributed by atoms with Crippen molar-refractivity contribution in [1.82, 2.24) is 0 Å². The van der Waals surface area contributed by atoms with Gasteiger partial charge in [-0.05, 0) is 23.8 Å². The molecule has 104 valence electrons. The standard InChI is InChI=1S/C12H14O7/c1-19-8-3-6(2-7(4-8)12(17)18)11(16)9(13)5-10(14)15/h2-4,9,11,13,16H,5H2,1H3,(H,14,15)(H,17,18). The number of aliphatic hydroxyl groups excluding tert-OH is 2. The van der Waals surface area contributed by atoms with Crippen molar-refractivity contribution < 1.29 is 34.8 Å². The molecule has 7 nitrogen and oxygen atoms in total. The van der Waals surface area contributed by atoms with E-state index >= 15 is 0 Å². The zero-order chi connectivity index (χ0) is 14.6. The normalized spacial score (nSPS) is 13.6. The molecule has 0 saturated heterocycles. The van der Waals surface area contributed by atoms with Crippen molar-refractivity contribution in [2.75, 3.05) is 7.11 Å². The van der Waals surface area contributed by atoms with E-state index in [9.17, 15) is 19.8 Å². The first kappa shape index (κ1) is 14.9. The molecule has 7 heteroatoms. The van der Waals surface area contributed by atoms with Crippen LogP contribution in [0.5, 0.6) is 5.75 Å². The number of carboxylic acids is 2. The van der Waals surface area contributed by atoms with E-state index < -0.39 is 30.6 Å². The van der Waals surface area contributed by atoms with Gasteiger partial charge < -0.3 is 25.2 Å². The average molecular weight is 270 g/mol. The van der Waals surface area contributed by atoms with Gasteiger partial charge in [0.15, 0.2) is 0 Å². The fourth-order valence-electron chi connectivity index (χ4n) is 1.55. The Kier molecular flexibility index (Phi) is 4.85. The summed E-state index contributed by atoms with van der Waals surface area (Å²) in [5.74, 6) is -2.30. The largest absolute Gasteiger partial charge is 0.497 e. The maximum atomic E-state index is 10.9. The molecule has 0 saturated carbocycles. The SMILES string of the molecule is COc1cc(C(=O)O)cc(C(O)C(O)CC(=O)O)c1. The Bertz CT molecular complexity index is 483. The third-order valence-electron chi connectivity index (χ3n) is 2.50. The second-order valence-corrected chi connectivity index (χ2v) is 3.91. The fraction of sp³-hybridized carbons (Fsp3) is 0.333. The molecule has 0 radical (unpaired) electrons. The second kappa shape index (κ2) is 6.17. The number of rotatable bonds is 6. The Morgan fingerprint density at radius 2 is 1.84 bits per heavy atom. The van der Waals surface area contributed by atoms with E-state index in [0.717, 1.165) is 6.07 Å². The maximum absolute atomic E-state index is 10.9. The Balaban J connectivity index is 3.07. The molecule has 0 aromatic heterocycles. The molecule has 0 amide bonds. The van der Waals surface area contributed by atoms with E-state index in [4.69, 9.17) is 14.9 Å². The van der Waals surface area contributed by atoms with Crippen molar-refractivity contribution in [3.8, 4) is 5.75 Å². The highest BCUT2D eigenvalue weighted by atomic mass is 16.5. The number of aromatic carboxylic acids is 1. The van der Waals surface area contributed by atoms with Gasteiger partial charge in [0.05, 0.1) is 25.2 Å². The van der Waals surface area contributed by atoms with Gasteiger partial charge in [0.2, 0.25) is 0 Å². The lowest BCUT2D eigenvalue weighted by atomic mass is 9.99. The first-order valence-corrected chi connectivity index (χ1v) is 5.35. The quantitative estimate of drug-likeness (QED) is 0.584. The molecule has 0 fully saturated rings. The van der Waals surface area contributed by atoms with Gasteiger partial charge in [0.25, 0.3) is 0 Å². The van der Waals surface area contributed by atoms with Gasteiger partial charge in [-0.2, -0.15) is 0 Å². The third kappa shape index (κ3) is 3.94. The molecule has 0 aliphatic heterocycles. The van der Waals surface area contributed by atoms with Crippen molar-refractivity contribution in [1.29, 1.82) is 0 Å². The maximum Gasteiger partial charge on any atom is 0.335 e. The van der Waals surface area contributed by atoms with Crippen LogP contribution in [-0.4, -0.2) is 45.6 Å². The van der Waals surface area contributed by atoms with E-state index in [0.29, 0.717) is 0 Å². The number of carbonyl (C=O) groups is 2. The topological polar surface area (TPSA) is 124 Å². The van der Waals surface area contributed by atoms with Crippen molar-refractivity contribution in [3.63, 3.8) is 0 Å². The molecule has 1 rings (SSSR count). The van der Waals surface area contributed by atoms with Crippen LogP contribution in [0.4, 0.5) is 0 Å². The lowest BCUT2D eigenvalue weighted by molar-refractivity contribution is -0.141. The number of hydrogen-bond donors (Lipinski definition) is 4. The van der Waals surface area contributed by atoms with Crippen LogP contribution in [0.2, 0.25) is 0 Å². The Hall–Kier alpha value is -2.12. The number of hydrogen-bond acceptors (Lipinski definition) is 5. The van der Waals surface area contributed by atoms with Crippen LogP contribution in [-0.2, 0) is 4.79 Å². The highest BCUT2D eigenvalue weighted by Gasteiger charge is 2.23. The van der Waals surface area contributed by atoms with Crippen molar-refractivity contribution in [3.05, 3.63) is 29.3 Å². The van der Waals surface area contributed by atoms with Crippen LogP contribution >= 0.6 is 0 Å². The van der Waals surface area contributed by atoms with Gasteiger partial charge in [0.1, 0.15) is 11.9 Å². The molecule has 1 aromatic carbocycles. The molecule has 19 heavy (non-hydrogen) atoms. The average Bonchev–Trinajstić information content (AvgIpc) is 2.36. The van der Waals surface area contributed by atoms with Crippen molar-refractivity contribution in [2.24, 2.45) is 0 Å². The molecular formula is C12H14O7. The van der Waals surface area contributed by atoms with E-state index in [1.807, 2.05) is 0 Å². The van der Waals surface area contributed by atoms with Crippen molar-refractivity contribution >= 4 is 11.9 Å². The zero-order valence-corrected chi connectivity index (χ0v) is 10.1. The molecule has 2 unspecified atom stereocenters. The number of benzene rings is 1. The molecular weight excluding hydrogens is 256 g/mol. The van der Waals surface area contributed by atoms with Gasteiger partial charge in [-0.3, -0.25) is 4.79 Å². The number of aliphatic hydroxyl groups is 2. The summed E-state index contributed by atoms with van der Waals surface area (Å²) < 4.78 is 4.88. The molecule has 1 aromatic rings. The van der Waals surface area contributed by atoms with Crippen LogP contribution in [0.1, 0.15) is 28.4 Å². The highest BCUT2D eigenvalue weighted by Crippen LogP contribution is 2.25. The minimum absolute atomic E-state index is 0.0745. The molecule has 0 heterocycles. The van der Waals surface area contributed by atoms with Crippen LogP contribution < -0.4 is 4.74 Å². The minimum atomic E-state index is -1.54. The molecule has 0 aliphatic rings. The summed E-state index contributed by atoms with van der Waals surface area (Å²) in [5.41, 5.74) is -0.0542. The van der Waals surface area contributed by atoms with E-state index in [1.165, 1.54) is 19.2 Å². The predicted octanol–water partition coefficient (Wildman–Crippen LogP) is 0.262. The number of aliphatic carboxylic acids is 1. The predicted molar refractivity (Wildman–Crippen MR) is 63.2 cm³/mol. The number of carboxylic acid groups (broad SMARTS) is 2. The number of methoxy groups -OCH3 is 1. The summed E-state index contributed by atoms with van der Waals surface area (Å²) in [7, 11) is 1.32. The summed E-state index contributed by atoms with van der Waals surface area (Å²) in [6, 6.07) is 3.74.